The van der Waals surface area contributed by atoms with Crippen molar-refractivity contribution in [2.75, 3.05) is 17.6 Å². The van der Waals surface area contributed by atoms with E-state index in [-0.39, 0.29) is 24.0 Å². The lowest BCUT2D eigenvalue weighted by molar-refractivity contribution is -0.120. The zero-order valence-corrected chi connectivity index (χ0v) is 15.1. The lowest BCUT2D eigenvalue weighted by atomic mass is 10.3. The highest BCUT2D eigenvalue weighted by Crippen LogP contribution is 2.23. The number of thioether (sulfide) groups is 1. The van der Waals surface area contributed by atoms with Gasteiger partial charge in [-0.25, -0.2) is 4.98 Å². The summed E-state index contributed by atoms with van der Waals surface area (Å²) in [6.45, 7) is 3.98. The highest BCUT2D eigenvalue weighted by Gasteiger charge is 2.09. The predicted octanol–water partition coefficient (Wildman–Crippen LogP) is 3.37. The Kier molecular flexibility index (Phi) is 7.30. The lowest BCUT2D eigenvalue weighted by Gasteiger charge is -2.04. The Morgan fingerprint density at radius 3 is 2.75 bits per heavy atom. The molecule has 8 heteroatoms. The summed E-state index contributed by atoms with van der Waals surface area (Å²) in [5, 5.41) is 7.93. The van der Waals surface area contributed by atoms with E-state index in [9.17, 15) is 9.59 Å². The maximum absolute atomic E-state index is 11.9. The molecule has 0 saturated heterocycles. The van der Waals surface area contributed by atoms with Gasteiger partial charge in [0.2, 0.25) is 11.8 Å². The van der Waals surface area contributed by atoms with Crippen molar-refractivity contribution in [1.82, 2.24) is 10.3 Å². The standard InChI is InChI=1S/C16H16ClN3O2S2/c1-2-7-18-14(21)8-13-9-23-16(20-13)24-10-15(22)19-12-5-3-11(17)4-6-12/h2-6,9H,1,7-8,10H2,(H,18,21)(H,19,22). The van der Waals surface area contributed by atoms with Crippen molar-refractivity contribution >= 4 is 52.2 Å². The van der Waals surface area contributed by atoms with Crippen LogP contribution in [-0.4, -0.2) is 29.1 Å². The molecule has 0 bridgehead atoms. The zero-order valence-electron chi connectivity index (χ0n) is 12.8. The molecule has 0 aliphatic rings. The molecule has 0 fully saturated rings. The van der Waals surface area contributed by atoms with Gasteiger partial charge in [0, 0.05) is 22.6 Å². The summed E-state index contributed by atoms with van der Waals surface area (Å²) in [5.74, 6) is 0.0261. The number of carbonyl (C=O) groups is 2. The summed E-state index contributed by atoms with van der Waals surface area (Å²) in [5.41, 5.74) is 1.39. The molecule has 2 N–H and O–H groups in total. The Labute approximate surface area is 153 Å². The largest absolute Gasteiger partial charge is 0.352 e. The normalized spacial score (nSPS) is 10.2. The SMILES string of the molecule is C=CCNC(=O)Cc1csc(SCC(=O)Nc2ccc(Cl)cc2)n1. The number of hydrogen-bond donors (Lipinski definition) is 2. The van der Waals surface area contributed by atoms with Gasteiger partial charge in [0.05, 0.1) is 17.9 Å². The van der Waals surface area contributed by atoms with Crippen molar-refractivity contribution in [2.45, 2.75) is 10.8 Å². The number of thiazole rings is 1. The van der Waals surface area contributed by atoms with E-state index >= 15 is 0 Å². The van der Waals surface area contributed by atoms with E-state index < -0.39 is 0 Å². The minimum absolute atomic E-state index is 0.0998. The quantitative estimate of drug-likeness (QED) is 0.543. The average Bonchev–Trinajstić information content (AvgIpc) is 3.00. The number of hydrogen-bond acceptors (Lipinski definition) is 5. The Morgan fingerprint density at radius 1 is 1.29 bits per heavy atom. The van der Waals surface area contributed by atoms with E-state index in [2.05, 4.69) is 22.2 Å². The summed E-state index contributed by atoms with van der Waals surface area (Å²) >= 11 is 8.56. The van der Waals surface area contributed by atoms with Gasteiger partial charge in [-0.2, -0.15) is 0 Å². The van der Waals surface area contributed by atoms with Crippen LogP contribution in [0.3, 0.4) is 0 Å². The maximum Gasteiger partial charge on any atom is 0.234 e. The number of anilines is 1. The molecule has 1 aromatic heterocycles. The molecular formula is C16H16ClN3O2S2. The van der Waals surface area contributed by atoms with Crippen molar-refractivity contribution in [2.24, 2.45) is 0 Å². The smallest absolute Gasteiger partial charge is 0.234 e. The lowest BCUT2D eigenvalue weighted by Crippen LogP contribution is -2.25. The molecule has 1 aromatic carbocycles. The van der Waals surface area contributed by atoms with Crippen LogP contribution in [0.2, 0.25) is 5.02 Å². The zero-order chi connectivity index (χ0) is 17.4. The fourth-order valence-corrected chi connectivity index (χ4v) is 3.48. The van der Waals surface area contributed by atoms with Crippen LogP contribution in [0.5, 0.6) is 0 Å². The molecule has 0 saturated carbocycles. The van der Waals surface area contributed by atoms with Gasteiger partial charge in [-0.15, -0.1) is 17.9 Å². The molecule has 5 nitrogen and oxygen atoms in total. The topological polar surface area (TPSA) is 71.1 Å². The van der Waals surface area contributed by atoms with Crippen molar-refractivity contribution < 1.29 is 9.59 Å². The molecule has 0 atom stereocenters. The van der Waals surface area contributed by atoms with Crippen LogP contribution in [0.1, 0.15) is 5.69 Å². The van der Waals surface area contributed by atoms with Crippen molar-refractivity contribution in [1.29, 1.82) is 0 Å². The van der Waals surface area contributed by atoms with Crippen LogP contribution in [0.15, 0.2) is 46.6 Å². The molecule has 0 unspecified atom stereocenters. The highest BCUT2D eigenvalue weighted by molar-refractivity contribution is 8.01. The predicted molar refractivity (Wildman–Crippen MR) is 99.8 cm³/mol. The number of benzene rings is 1. The van der Waals surface area contributed by atoms with Crippen LogP contribution in [0.25, 0.3) is 0 Å². The first-order valence-electron chi connectivity index (χ1n) is 7.07. The number of aromatic nitrogens is 1. The minimum Gasteiger partial charge on any atom is -0.352 e. The molecule has 2 aromatic rings. The Bertz CT molecular complexity index is 716. The number of rotatable bonds is 8. The van der Waals surface area contributed by atoms with Crippen LogP contribution < -0.4 is 10.6 Å². The number of amides is 2. The summed E-state index contributed by atoms with van der Waals surface area (Å²) in [4.78, 5) is 27.9. The average molecular weight is 382 g/mol. The Hall–Kier alpha value is -1.83. The fourth-order valence-electron chi connectivity index (χ4n) is 1.71. The van der Waals surface area contributed by atoms with E-state index in [1.54, 1.807) is 30.3 Å². The number of nitrogens with one attached hydrogen (secondary N) is 2. The van der Waals surface area contributed by atoms with Gasteiger partial charge in [-0.1, -0.05) is 29.4 Å². The monoisotopic (exact) mass is 381 g/mol. The summed E-state index contributed by atoms with van der Waals surface area (Å²) in [6, 6.07) is 6.92. The Balaban J connectivity index is 1.77. The molecule has 1 heterocycles. The molecule has 0 spiro atoms. The van der Waals surface area contributed by atoms with Crippen molar-refractivity contribution in [3.63, 3.8) is 0 Å². The van der Waals surface area contributed by atoms with E-state index in [1.165, 1.54) is 23.1 Å². The summed E-state index contributed by atoms with van der Waals surface area (Å²) in [7, 11) is 0. The third-order valence-corrected chi connectivity index (χ3v) is 5.09. The molecule has 2 rings (SSSR count). The third-order valence-electron chi connectivity index (χ3n) is 2.77. The second-order valence-corrected chi connectivity index (χ2v) is 7.24. The fraction of sp³-hybridized carbons (Fsp3) is 0.188. The number of halogens is 1. The van der Waals surface area contributed by atoms with Crippen LogP contribution in [0.4, 0.5) is 5.69 Å². The Morgan fingerprint density at radius 2 is 2.04 bits per heavy atom. The van der Waals surface area contributed by atoms with E-state index in [4.69, 9.17) is 11.6 Å². The maximum atomic E-state index is 11.9. The van der Waals surface area contributed by atoms with E-state index in [0.29, 0.717) is 22.9 Å². The van der Waals surface area contributed by atoms with Gasteiger partial charge in [-0.05, 0) is 24.3 Å². The first-order valence-corrected chi connectivity index (χ1v) is 9.31. The summed E-state index contributed by atoms with van der Waals surface area (Å²) < 4.78 is 0.757. The second-order valence-electron chi connectivity index (χ2n) is 4.72. The molecule has 24 heavy (non-hydrogen) atoms. The van der Waals surface area contributed by atoms with Crippen molar-refractivity contribution in [3.05, 3.63) is 53.0 Å². The minimum atomic E-state index is -0.122. The van der Waals surface area contributed by atoms with Gasteiger partial charge in [0.25, 0.3) is 0 Å². The van der Waals surface area contributed by atoms with Gasteiger partial charge in [-0.3, -0.25) is 9.59 Å². The van der Waals surface area contributed by atoms with E-state index in [0.717, 1.165) is 4.34 Å². The molecule has 2 amide bonds. The first-order chi connectivity index (χ1) is 11.6. The molecule has 0 radical (unpaired) electrons. The van der Waals surface area contributed by atoms with Gasteiger partial charge < -0.3 is 10.6 Å². The van der Waals surface area contributed by atoms with E-state index in [1.807, 2.05) is 5.38 Å². The van der Waals surface area contributed by atoms with Crippen molar-refractivity contribution in [3.8, 4) is 0 Å². The van der Waals surface area contributed by atoms with Crippen LogP contribution in [-0.2, 0) is 16.0 Å². The second kappa shape index (κ2) is 9.46. The molecule has 126 valence electrons. The molecule has 0 aliphatic carbocycles. The van der Waals surface area contributed by atoms with Crippen LogP contribution in [0, 0.1) is 0 Å². The van der Waals surface area contributed by atoms with Crippen LogP contribution >= 0.6 is 34.7 Å². The number of carbonyl (C=O) groups excluding carboxylic acids is 2. The molecular weight excluding hydrogens is 366 g/mol. The summed E-state index contributed by atoms with van der Waals surface area (Å²) in [6.07, 6.45) is 1.85. The number of nitrogens with zero attached hydrogens (tertiary/aromatic N) is 1. The van der Waals surface area contributed by atoms with Gasteiger partial charge >= 0.3 is 0 Å². The third kappa shape index (κ3) is 6.35. The highest BCUT2D eigenvalue weighted by atomic mass is 35.5. The molecule has 0 aliphatic heterocycles. The van der Waals surface area contributed by atoms with Gasteiger partial charge in [0.15, 0.2) is 4.34 Å². The first kappa shape index (κ1) is 18.5. The van der Waals surface area contributed by atoms with Gasteiger partial charge in [0.1, 0.15) is 0 Å².